The molecule has 3 atom stereocenters. The Hall–Kier alpha value is -4.28. The van der Waals surface area contributed by atoms with Gasteiger partial charge < -0.3 is 25.8 Å². The maximum atomic E-state index is 13.8. The number of aliphatic hydroxyl groups is 1. The van der Waals surface area contributed by atoms with E-state index in [1.54, 1.807) is 19.1 Å². The molecule has 3 unspecified atom stereocenters. The molecule has 37 heavy (non-hydrogen) atoms. The number of rotatable bonds is 7. The highest BCUT2D eigenvalue weighted by Gasteiger charge is 2.80. The topological polar surface area (TPSA) is 113 Å². The van der Waals surface area contributed by atoms with Crippen molar-refractivity contribution in [2.45, 2.75) is 31.7 Å². The summed E-state index contributed by atoms with van der Waals surface area (Å²) in [7, 11) is 0. The van der Waals surface area contributed by atoms with Crippen LogP contribution in [0.25, 0.3) is 0 Å². The number of ether oxygens (including phenoxy) is 1. The van der Waals surface area contributed by atoms with E-state index >= 15 is 0 Å². The lowest BCUT2D eigenvalue weighted by Gasteiger charge is -2.19. The molecule has 11 heteroatoms. The first-order valence-electron chi connectivity index (χ1n) is 11.5. The van der Waals surface area contributed by atoms with E-state index in [9.17, 15) is 27.9 Å². The molecule has 3 amide bonds. The fraction of sp³-hybridized carbons (Fsp3) is 0.269. The molecular formula is C26H23F3N4O4. The maximum Gasteiger partial charge on any atom is 0.319 e. The van der Waals surface area contributed by atoms with Gasteiger partial charge in [-0.3, -0.25) is 4.79 Å². The van der Waals surface area contributed by atoms with Crippen LogP contribution in [0.1, 0.15) is 25.3 Å². The molecule has 0 bridgehead atoms. The number of anilines is 2. The van der Waals surface area contributed by atoms with Crippen molar-refractivity contribution in [1.82, 2.24) is 10.3 Å². The van der Waals surface area contributed by atoms with Crippen LogP contribution in [0.5, 0.6) is 5.75 Å². The number of nitrogens with zero attached hydrogens (tertiary/aromatic N) is 1. The van der Waals surface area contributed by atoms with Crippen molar-refractivity contribution < 1.29 is 32.6 Å². The van der Waals surface area contributed by atoms with Crippen LogP contribution in [0.15, 0.2) is 60.2 Å². The zero-order chi connectivity index (χ0) is 26.5. The molecule has 0 saturated heterocycles. The Labute approximate surface area is 209 Å². The van der Waals surface area contributed by atoms with Crippen LogP contribution in [0.2, 0.25) is 0 Å². The van der Waals surface area contributed by atoms with Crippen LogP contribution < -0.4 is 20.7 Å². The standard InChI is InChI=1S/C26H23F3N4O4/c1-12(37-21-7-8-30-24-14(21)4-6-22(35)32-24)3-5-20(34)13(2)23-15-11-26(15,23)33-25(36)31-19-10-17(28)16(27)9-18(19)29/h3,5,7-10,15,23,34H,2,4,6,11H2,1H3,(H,30,32,35)(H2,31,33,36)/b12-3+,20-5+. The Balaban J connectivity index is 1.19. The second-order valence-electron chi connectivity index (χ2n) is 9.29. The van der Waals surface area contributed by atoms with Crippen LogP contribution in [0.4, 0.5) is 29.5 Å². The molecule has 2 aliphatic carbocycles. The third-order valence-corrected chi connectivity index (χ3v) is 6.84. The highest BCUT2D eigenvalue weighted by molar-refractivity contribution is 5.93. The summed E-state index contributed by atoms with van der Waals surface area (Å²) in [5.41, 5.74) is 0.110. The van der Waals surface area contributed by atoms with Gasteiger partial charge in [0.1, 0.15) is 28.9 Å². The van der Waals surface area contributed by atoms with Crippen molar-refractivity contribution in [3.05, 3.63) is 83.2 Å². The molecule has 1 aromatic heterocycles. The smallest absolute Gasteiger partial charge is 0.319 e. The number of aliphatic hydroxyl groups excluding tert-OH is 1. The van der Waals surface area contributed by atoms with Gasteiger partial charge in [0.2, 0.25) is 5.91 Å². The summed E-state index contributed by atoms with van der Waals surface area (Å²) in [4.78, 5) is 28.1. The molecular weight excluding hydrogens is 489 g/mol. The lowest BCUT2D eigenvalue weighted by Crippen LogP contribution is -2.37. The van der Waals surface area contributed by atoms with Gasteiger partial charge in [-0.2, -0.15) is 0 Å². The molecule has 0 radical (unpaired) electrons. The zero-order valence-corrected chi connectivity index (χ0v) is 19.7. The molecule has 2 heterocycles. The van der Waals surface area contributed by atoms with E-state index in [2.05, 4.69) is 27.5 Å². The molecule has 4 N–H and O–H groups in total. The number of fused-ring (bicyclic) bond motifs is 2. The van der Waals surface area contributed by atoms with E-state index in [1.165, 1.54) is 12.3 Å². The van der Waals surface area contributed by atoms with Crippen molar-refractivity contribution in [3.63, 3.8) is 0 Å². The molecule has 2 aromatic rings. The number of halogens is 3. The average molecular weight is 512 g/mol. The van der Waals surface area contributed by atoms with Crippen molar-refractivity contribution in [2.75, 3.05) is 10.6 Å². The summed E-state index contributed by atoms with van der Waals surface area (Å²) in [5.74, 6) is -2.57. The third kappa shape index (κ3) is 4.64. The summed E-state index contributed by atoms with van der Waals surface area (Å²) in [5, 5.41) is 18.1. The molecule has 0 spiro atoms. The number of hydrogen-bond acceptors (Lipinski definition) is 5. The SMILES string of the molecule is C=C(/C(O)=C\C=C(/C)Oc1ccnc2c1CCC(=O)N2)C1C2CC21NC(=O)Nc1cc(F)c(F)cc1F. The Morgan fingerprint density at radius 3 is 2.76 bits per heavy atom. The average Bonchev–Trinajstić information content (AvgIpc) is 3.70. The molecule has 5 rings (SSSR count). The second kappa shape index (κ2) is 8.99. The largest absolute Gasteiger partial charge is 0.508 e. The van der Waals surface area contributed by atoms with Crippen LogP contribution in [0, 0.1) is 29.3 Å². The monoisotopic (exact) mass is 512 g/mol. The van der Waals surface area contributed by atoms with E-state index in [4.69, 9.17) is 4.74 Å². The van der Waals surface area contributed by atoms with Crippen molar-refractivity contribution >= 4 is 23.4 Å². The molecule has 8 nitrogen and oxygen atoms in total. The minimum atomic E-state index is -1.35. The Kier molecular flexibility index (Phi) is 5.93. The fourth-order valence-corrected chi connectivity index (χ4v) is 4.69. The Bertz CT molecular complexity index is 1410. The van der Waals surface area contributed by atoms with Crippen molar-refractivity contribution in [1.29, 1.82) is 0 Å². The van der Waals surface area contributed by atoms with Crippen molar-refractivity contribution in [2.24, 2.45) is 11.8 Å². The molecule has 192 valence electrons. The van der Waals surface area contributed by atoms with E-state index in [1.807, 2.05) is 0 Å². The van der Waals surface area contributed by atoms with Gasteiger partial charge in [0.15, 0.2) is 11.6 Å². The first kappa shape index (κ1) is 24.4. The van der Waals surface area contributed by atoms with Crippen LogP contribution in [-0.2, 0) is 11.2 Å². The molecule has 2 fully saturated rings. The fourth-order valence-electron chi connectivity index (χ4n) is 4.69. The summed E-state index contributed by atoms with van der Waals surface area (Å²) in [6.07, 6.45) is 6.04. The van der Waals surface area contributed by atoms with E-state index < -0.39 is 34.7 Å². The maximum absolute atomic E-state index is 13.8. The number of allylic oxidation sites excluding steroid dienone is 4. The van der Waals surface area contributed by atoms with Crippen LogP contribution in [0.3, 0.4) is 0 Å². The normalized spacial score (nSPS) is 23.8. The lowest BCUT2D eigenvalue weighted by molar-refractivity contribution is -0.116. The number of pyridine rings is 1. The minimum absolute atomic E-state index is 0.0657. The minimum Gasteiger partial charge on any atom is -0.508 e. The first-order valence-corrected chi connectivity index (χ1v) is 11.5. The third-order valence-electron chi connectivity index (χ3n) is 6.84. The second-order valence-corrected chi connectivity index (χ2v) is 9.29. The quantitative estimate of drug-likeness (QED) is 0.240. The molecule has 2 saturated carbocycles. The van der Waals surface area contributed by atoms with Gasteiger partial charge in [-0.1, -0.05) is 6.58 Å². The van der Waals surface area contributed by atoms with Gasteiger partial charge in [0.25, 0.3) is 0 Å². The van der Waals surface area contributed by atoms with Gasteiger partial charge in [0.05, 0.1) is 11.2 Å². The van der Waals surface area contributed by atoms with Gasteiger partial charge in [-0.15, -0.1) is 0 Å². The number of aromatic nitrogens is 1. The number of carbonyl (C=O) groups excluding carboxylic acids is 2. The van der Waals surface area contributed by atoms with E-state index in [0.717, 1.165) is 5.56 Å². The number of amides is 3. The van der Waals surface area contributed by atoms with Crippen LogP contribution >= 0.6 is 0 Å². The number of nitrogens with one attached hydrogen (secondary N) is 3. The van der Waals surface area contributed by atoms with Gasteiger partial charge in [-0.25, -0.2) is 22.9 Å². The predicted molar refractivity (Wildman–Crippen MR) is 128 cm³/mol. The molecule has 3 aliphatic rings. The summed E-state index contributed by atoms with van der Waals surface area (Å²) >= 11 is 0. The summed E-state index contributed by atoms with van der Waals surface area (Å²) in [6.45, 7) is 5.64. The van der Waals surface area contributed by atoms with E-state index in [-0.39, 0.29) is 23.5 Å². The highest BCUT2D eigenvalue weighted by Crippen LogP contribution is 2.74. The Morgan fingerprint density at radius 1 is 1.24 bits per heavy atom. The zero-order valence-electron chi connectivity index (χ0n) is 19.7. The summed E-state index contributed by atoms with van der Waals surface area (Å²) in [6, 6.07) is 1.85. The van der Waals surface area contributed by atoms with Gasteiger partial charge in [0, 0.05) is 36.2 Å². The van der Waals surface area contributed by atoms with Crippen LogP contribution in [-0.4, -0.2) is 27.6 Å². The number of carbonyl (C=O) groups is 2. The molecule has 1 aliphatic heterocycles. The lowest BCUT2D eigenvalue weighted by atomic mass is 10.0. The first-order chi connectivity index (χ1) is 17.6. The predicted octanol–water partition coefficient (Wildman–Crippen LogP) is 4.87. The number of hydrogen-bond donors (Lipinski definition) is 4. The summed E-state index contributed by atoms with van der Waals surface area (Å²) < 4.78 is 46.2. The number of benzene rings is 1. The van der Waals surface area contributed by atoms with Gasteiger partial charge in [-0.05, 0) is 49.5 Å². The van der Waals surface area contributed by atoms with E-state index in [0.29, 0.717) is 54.3 Å². The van der Waals surface area contributed by atoms with Crippen molar-refractivity contribution in [3.8, 4) is 5.75 Å². The van der Waals surface area contributed by atoms with Gasteiger partial charge >= 0.3 is 6.03 Å². The highest BCUT2D eigenvalue weighted by atomic mass is 19.2. The number of urea groups is 1. The molecule has 1 aromatic carbocycles. The Morgan fingerprint density at radius 2 is 2.00 bits per heavy atom.